The minimum Gasteiger partial charge on any atom is -0.342 e. The third-order valence-electron chi connectivity index (χ3n) is 7.30. The Morgan fingerprint density at radius 3 is 2.76 bits per heavy atom. The molecule has 1 atom stereocenters. The lowest BCUT2D eigenvalue weighted by atomic mass is 9.97. The van der Waals surface area contributed by atoms with Gasteiger partial charge in [-0.15, -0.1) is 0 Å². The zero-order valence-corrected chi connectivity index (χ0v) is 18.9. The summed E-state index contributed by atoms with van der Waals surface area (Å²) in [4.78, 5) is 27.0. The van der Waals surface area contributed by atoms with Gasteiger partial charge in [0.1, 0.15) is 0 Å². The van der Waals surface area contributed by atoms with Crippen LogP contribution in [0.1, 0.15) is 36.0 Å². The van der Waals surface area contributed by atoms with Crippen LogP contribution in [-0.2, 0) is 17.8 Å². The SMILES string of the molecule is Cc1cc(-c2ccc3c(c2)C=CC3)ccc1-c1n[nH]c(=O)n1C[C@@H]1CCN(C(=O)C2CC2)C1. The molecule has 168 valence electrons. The lowest BCUT2D eigenvalue weighted by Gasteiger charge is -2.17. The molecule has 3 aromatic rings. The number of H-pyrrole nitrogens is 1. The number of benzene rings is 2. The number of rotatable bonds is 5. The molecule has 2 aliphatic carbocycles. The van der Waals surface area contributed by atoms with Gasteiger partial charge in [0.25, 0.3) is 0 Å². The first kappa shape index (κ1) is 20.2. The lowest BCUT2D eigenvalue weighted by Crippen LogP contribution is -2.31. The highest BCUT2D eigenvalue weighted by atomic mass is 16.2. The Hall–Kier alpha value is -3.41. The molecule has 0 unspecified atom stereocenters. The van der Waals surface area contributed by atoms with Gasteiger partial charge in [0.15, 0.2) is 5.82 Å². The number of aromatic amines is 1. The van der Waals surface area contributed by atoms with E-state index < -0.39 is 0 Å². The van der Waals surface area contributed by atoms with Crippen LogP contribution in [0.5, 0.6) is 0 Å². The maximum atomic E-state index is 12.6. The van der Waals surface area contributed by atoms with Crippen molar-refractivity contribution in [3.8, 4) is 22.5 Å². The Morgan fingerprint density at radius 1 is 1.12 bits per heavy atom. The van der Waals surface area contributed by atoms with E-state index in [4.69, 9.17) is 0 Å². The Kier molecular flexibility index (Phi) is 4.82. The van der Waals surface area contributed by atoms with Gasteiger partial charge >= 0.3 is 5.69 Å². The van der Waals surface area contributed by atoms with E-state index in [0.29, 0.717) is 18.3 Å². The summed E-state index contributed by atoms with van der Waals surface area (Å²) in [7, 11) is 0. The molecule has 1 aromatic heterocycles. The molecule has 6 heteroatoms. The minimum absolute atomic E-state index is 0.189. The van der Waals surface area contributed by atoms with Crippen molar-refractivity contribution < 1.29 is 4.79 Å². The number of likely N-dealkylation sites (tertiary alicyclic amines) is 1. The van der Waals surface area contributed by atoms with E-state index in [1.54, 1.807) is 4.57 Å². The quantitative estimate of drug-likeness (QED) is 0.651. The van der Waals surface area contributed by atoms with Crippen molar-refractivity contribution in [2.45, 2.75) is 39.2 Å². The number of carbonyl (C=O) groups excluding carboxylic acids is 1. The fourth-order valence-corrected chi connectivity index (χ4v) is 5.24. The van der Waals surface area contributed by atoms with Gasteiger partial charge in [0.2, 0.25) is 5.91 Å². The number of amides is 1. The van der Waals surface area contributed by atoms with Crippen molar-refractivity contribution in [1.82, 2.24) is 19.7 Å². The fraction of sp³-hybridized carbons (Fsp3) is 0.370. The van der Waals surface area contributed by atoms with Crippen LogP contribution in [0.25, 0.3) is 28.6 Å². The smallest absolute Gasteiger partial charge is 0.342 e. The van der Waals surface area contributed by atoms with Crippen molar-refractivity contribution in [2.24, 2.45) is 11.8 Å². The second kappa shape index (κ2) is 7.87. The van der Waals surface area contributed by atoms with Gasteiger partial charge in [-0.1, -0.05) is 42.5 Å². The fourth-order valence-electron chi connectivity index (χ4n) is 5.24. The lowest BCUT2D eigenvalue weighted by molar-refractivity contribution is -0.131. The predicted molar refractivity (Wildman–Crippen MR) is 129 cm³/mol. The van der Waals surface area contributed by atoms with Gasteiger partial charge in [0.05, 0.1) is 0 Å². The second-order valence-electron chi connectivity index (χ2n) is 9.73. The molecule has 1 amide bonds. The molecular weight excluding hydrogens is 412 g/mol. The van der Waals surface area contributed by atoms with Crippen LogP contribution in [0.4, 0.5) is 0 Å². The number of allylic oxidation sites excluding steroid dienone is 1. The number of nitrogens with zero attached hydrogens (tertiary/aromatic N) is 3. The monoisotopic (exact) mass is 440 g/mol. The first-order valence-corrected chi connectivity index (χ1v) is 11.9. The highest BCUT2D eigenvalue weighted by molar-refractivity contribution is 5.81. The van der Waals surface area contributed by atoms with Gasteiger partial charge < -0.3 is 4.90 Å². The topological polar surface area (TPSA) is 71.0 Å². The molecule has 6 nitrogen and oxygen atoms in total. The number of hydrogen-bond donors (Lipinski definition) is 1. The van der Waals surface area contributed by atoms with Crippen LogP contribution < -0.4 is 5.69 Å². The average molecular weight is 441 g/mol. The summed E-state index contributed by atoms with van der Waals surface area (Å²) >= 11 is 0. The molecule has 0 bridgehead atoms. The minimum atomic E-state index is -0.189. The van der Waals surface area contributed by atoms with E-state index in [2.05, 4.69) is 65.7 Å². The van der Waals surface area contributed by atoms with Crippen molar-refractivity contribution in [3.63, 3.8) is 0 Å². The maximum Gasteiger partial charge on any atom is 0.343 e. The van der Waals surface area contributed by atoms with Crippen LogP contribution in [-0.4, -0.2) is 38.7 Å². The molecule has 1 N–H and O–H groups in total. The first-order chi connectivity index (χ1) is 16.1. The van der Waals surface area contributed by atoms with Crippen LogP contribution in [0.15, 0.2) is 47.3 Å². The molecule has 2 heterocycles. The van der Waals surface area contributed by atoms with E-state index in [1.807, 2.05) is 4.90 Å². The molecule has 2 aromatic carbocycles. The summed E-state index contributed by atoms with van der Waals surface area (Å²) < 4.78 is 1.75. The Bertz CT molecular complexity index is 1330. The molecule has 33 heavy (non-hydrogen) atoms. The molecule has 1 aliphatic heterocycles. The summed E-state index contributed by atoms with van der Waals surface area (Å²) in [5, 5.41) is 7.01. The van der Waals surface area contributed by atoms with Crippen LogP contribution in [0, 0.1) is 18.8 Å². The normalized spacial score (nSPS) is 19.3. The number of aryl methyl sites for hydroxylation is 1. The zero-order chi connectivity index (χ0) is 22.5. The molecular formula is C27H28N4O2. The van der Waals surface area contributed by atoms with Gasteiger partial charge in [-0.25, -0.2) is 9.89 Å². The molecule has 1 saturated carbocycles. The first-order valence-electron chi connectivity index (χ1n) is 11.9. The van der Waals surface area contributed by atoms with E-state index in [0.717, 1.165) is 55.5 Å². The number of nitrogens with one attached hydrogen (secondary N) is 1. The predicted octanol–water partition coefficient (Wildman–Crippen LogP) is 4.04. The molecule has 1 saturated heterocycles. The van der Waals surface area contributed by atoms with E-state index >= 15 is 0 Å². The number of aromatic nitrogens is 3. The summed E-state index contributed by atoms with van der Waals surface area (Å²) in [5.41, 5.74) is 6.88. The molecule has 2 fully saturated rings. The average Bonchev–Trinajstić information content (AvgIpc) is 3.21. The molecule has 0 radical (unpaired) electrons. The Morgan fingerprint density at radius 2 is 1.94 bits per heavy atom. The van der Waals surface area contributed by atoms with E-state index in [9.17, 15) is 9.59 Å². The third-order valence-corrected chi connectivity index (χ3v) is 7.30. The maximum absolute atomic E-state index is 12.6. The van der Waals surface area contributed by atoms with Gasteiger partial charge in [-0.2, -0.15) is 5.10 Å². The molecule has 0 spiro atoms. The van der Waals surface area contributed by atoms with Gasteiger partial charge in [-0.05, 0) is 72.4 Å². The summed E-state index contributed by atoms with van der Waals surface area (Å²) in [6.45, 7) is 4.18. The van der Waals surface area contributed by atoms with E-state index in [-0.39, 0.29) is 17.5 Å². The van der Waals surface area contributed by atoms with Crippen molar-refractivity contribution in [3.05, 3.63) is 69.6 Å². The third kappa shape index (κ3) is 3.73. The van der Waals surface area contributed by atoms with Crippen molar-refractivity contribution in [1.29, 1.82) is 0 Å². The Labute approximate surface area is 192 Å². The molecule has 6 rings (SSSR count). The standard InChI is InChI=1S/C27H28N4O2/c1-17-13-22(23-8-5-19-3-2-4-21(19)14-23)9-10-24(17)25-28-29-27(33)31(25)16-18-11-12-30(15-18)26(32)20-6-7-20/h2,4-5,8-10,13-14,18,20H,3,6-7,11-12,15-16H2,1H3,(H,29,33)/t18-/m1/s1. The number of fused-ring (bicyclic) bond motifs is 1. The van der Waals surface area contributed by atoms with Gasteiger partial charge in [-0.3, -0.25) is 9.36 Å². The number of carbonyl (C=O) groups is 1. The van der Waals surface area contributed by atoms with E-state index in [1.165, 1.54) is 16.7 Å². The van der Waals surface area contributed by atoms with Crippen LogP contribution in [0.3, 0.4) is 0 Å². The van der Waals surface area contributed by atoms with Crippen molar-refractivity contribution in [2.75, 3.05) is 13.1 Å². The summed E-state index contributed by atoms with van der Waals surface area (Å²) in [6.07, 6.45) is 8.39. The Balaban J connectivity index is 1.24. The highest BCUT2D eigenvalue weighted by Crippen LogP contribution is 2.34. The summed E-state index contributed by atoms with van der Waals surface area (Å²) in [5.74, 6) is 1.50. The largest absolute Gasteiger partial charge is 0.343 e. The van der Waals surface area contributed by atoms with Crippen LogP contribution >= 0.6 is 0 Å². The second-order valence-corrected chi connectivity index (χ2v) is 9.73. The van der Waals surface area contributed by atoms with Gasteiger partial charge in [0, 0.05) is 31.1 Å². The highest BCUT2D eigenvalue weighted by Gasteiger charge is 2.36. The van der Waals surface area contributed by atoms with Crippen molar-refractivity contribution >= 4 is 12.0 Å². The zero-order valence-electron chi connectivity index (χ0n) is 18.9. The van der Waals surface area contributed by atoms with Crippen LogP contribution in [0.2, 0.25) is 0 Å². The summed E-state index contributed by atoms with van der Waals surface area (Å²) in [6, 6.07) is 13.0. The number of hydrogen-bond acceptors (Lipinski definition) is 3. The molecule has 3 aliphatic rings.